The van der Waals surface area contributed by atoms with Gasteiger partial charge in [0.15, 0.2) is 0 Å². The van der Waals surface area contributed by atoms with Crippen molar-refractivity contribution in [3.63, 3.8) is 0 Å². The fraction of sp³-hybridized carbons (Fsp3) is 0.500. The van der Waals surface area contributed by atoms with Crippen LogP contribution in [-0.4, -0.2) is 20.5 Å². The molecule has 0 aromatic heterocycles. The van der Waals surface area contributed by atoms with Crippen molar-refractivity contribution in [2.24, 2.45) is 5.92 Å². The molecule has 21 heavy (non-hydrogen) atoms. The predicted octanol–water partition coefficient (Wildman–Crippen LogP) is 3.49. The molecule has 0 heterocycles. The number of hydrogen-bond donors (Lipinski definition) is 0. The van der Waals surface area contributed by atoms with Crippen LogP contribution in [0.25, 0.3) is 0 Å². The molecule has 2 rings (SSSR count). The molecule has 0 bridgehead atoms. The second kappa shape index (κ2) is 6.32. The molecule has 116 valence electrons. The minimum absolute atomic E-state index is 0.214. The van der Waals surface area contributed by atoms with E-state index in [9.17, 15) is 17.6 Å². The highest BCUT2D eigenvalue weighted by molar-refractivity contribution is 8.13. The van der Waals surface area contributed by atoms with Crippen LogP contribution < -0.4 is 0 Å². The third-order valence-corrected chi connectivity index (χ3v) is 5.08. The van der Waals surface area contributed by atoms with Gasteiger partial charge in [-0.05, 0) is 43.4 Å². The van der Waals surface area contributed by atoms with E-state index in [1.165, 1.54) is 0 Å². The molecule has 7 heteroatoms. The Morgan fingerprint density at radius 1 is 1.33 bits per heavy atom. The van der Waals surface area contributed by atoms with Gasteiger partial charge in [-0.1, -0.05) is 13.3 Å². The first kappa shape index (κ1) is 16.2. The van der Waals surface area contributed by atoms with Crippen molar-refractivity contribution in [3.05, 3.63) is 29.6 Å². The maximum absolute atomic E-state index is 13.7. The molecule has 1 aliphatic carbocycles. The van der Waals surface area contributed by atoms with Crippen LogP contribution in [0.15, 0.2) is 23.1 Å². The maximum Gasteiger partial charge on any atom is 0.341 e. The highest BCUT2D eigenvalue weighted by Gasteiger charge is 2.27. The van der Waals surface area contributed by atoms with E-state index in [1.54, 1.807) is 0 Å². The lowest BCUT2D eigenvalue weighted by atomic mass is 9.88. The Hall–Kier alpha value is -1.14. The van der Waals surface area contributed by atoms with E-state index in [-0.39, 0.29) is 16.9 Å². The van der Waals surface area contributed by atoms with Crippen molar-refractivity contribution < 1.29 is 22.3 Å². The SMILES string of the molecule is CC1CCCCC1OC(=O)c1cc(S(=O)(=O)Cl)ccc1F. The Morgan fingerprint density at radius 3 is 2.62 bits per heavy atom. The number of benzene rings is 1. The summed E-state index contributed by atoms with van der Waals surface area (Å²) in [5, 5.41) is 0. The van der Waals surface area contributed by atoms with Gasteiger partial charge in [-0.15, -0.1) is 0 Å². The van der Waals surface area contributed by atoms with E-state index < -0.39 is 26.4 Å². The molecule has 0 spiro atoms. The standard InChI is InChI=1S/C14H16ClFO4S/c1-9-4-2-3-5-13(9)20-14(17)11-8-10(21(15,18)19)6-7-12(11)16/h6-9,13H,2-5H2,1H3. The number of rotatable bonds is 3. The molecule has 1 aromatic carbocycles. The lowest BCUT2D eigenvalue weighted by Gasteiger charge is -2.28. The van der Waals surface area contributed by atoms with E-state index in [1.807, 2.05) is 6.92 Å². The summed E-state index contributed by atoms with van der Waals surface area (Å²) in [6, 6.07) is 2.82. The normalized spacial score (nSPS) is 22.8. The molecular formula is C14H16ClFO4S. The zero-order valence-electron chi connectivity index (χ0n) is 11.5. The summed E-state index contributed by atoms with van der Waals surface area (Å²) in [4.78, 5) is 11.7. The molecule has 2 unspecified atom stereocenters. The van der Waals surface area contributed by atoms with Crippen LogP contribution in [0.3, 0.4) is 0 Å². The van der Waals surface area contributed by atoms with Crippen LogP contribution in [0.4, 0.5) is 4.39 Å². The fourth-order valence-corrected chi connectivity index (χ4v) is 3.25. The van der Waals surface area contributed by atoms with Gasteiger partial charge in [-0.3, -0.25) is 0 Å². The molecule has 2 atom stereocenters. The second-order valence-corrected chi connectivity index (χ2v) is 7.85. The molecule has 0 saturated heterocycles. The third-order valence-electron chi connectivity index (χ3n) is 3.73. The van der Waals surface area contributed by atoms with Gasteiger partial charge in [0.05, 0.1) is 10.5 Å². The molecule has 0 amide bonds. The number of esters is 1. The molecule has 1 aliphatic rings. The molecule has 0 aliphatic heterocycles. The van der Waals surface area contributed by atoms with E-state index in [0.29, 0.717) is 0 Å². The zero-order valence-corrected chi connectivity index (χ0v) is 13.1. The summed E-state index contributed by atoms with van der Waals surface area (Å²) in [5.41, 5.74) is -0.408. The van der Waals surface area contributed by atoms with Crippen LogP contribution >= 0.6 is 10.7 Å². The highest BCUT2D eigenvalue weighted by atomic mass is 35.7. The largest absolute Gasteiger partial charge is 0.458 e. The van der Waals surface area contributed by atoms with Crippen LogP contribution in [-0.2, 0) is 13.8 Å². The summed E-state index contributed by atoms with van der Waals surface area (Å²) in [5.74, 6) is -1.47. The third kappa shape index (κ3) is 3.95. The molecule has 0 radical (unpaired) electrons. The first-order chi connectivity index (χ1) is 9.79. The number of carbonyl (C=O) groups excluding carboxylic acids is 1. The summed E-state index contributed by atoms with van der Waals surface area (Å²) in [6.45, 7) is 1.98. The first-order valence-corrected chi connectivity index (χ1v) is 9.05. The van der Waals surface area contributed by atoms with Crippen molar-refractivity contribution in [2.45, 2.75) is 43.6 Å². The van der Waals surface area contributed by atoms with Gasteiger partial charge in [0.25, 0.3) is 9.05 Å². The number of carbonyl (C=O) groups is 1. The fourth-order valence-electron chi connectivity index (χ4n) is 2.47. The van der Waals surface area contributed by atoms with Crippen LogP contribution in [0.2, 0.25) is 0 Å². The van der Waals surface area contributed by atoms with Crippen molar-refractivity contribution in [3.8, 4) is 0 Å². The Bertz CT molecular complexity index is 644. The summed E-state index contributed by atoms with van der Waals surface area (Å²) >= 11 is 0. The number of halogens is 2. The molecule has 1 saturated carbocycles. The van der Waals surface area contributed by atoms with Gasteiger partial charge >= 0.3 is 5.97 Å². The van der Waals surface area contributed by atoms with Gasteiger partial charge in [-0.25, -0.2) is 17.6 Å². The Morgan fingerprint density at radius 2 is 2.00 bits per heavy atom. The minimum atomic E-state index is -4.02. The second-order valence-electron chi connectivity index (χ2n) is 5.29. The smallest absolute Gasteiger partial charge is 0.341 e. The van der Waals surface area contributed by atoms with Crippen molar-refractivity contribution in [1.29, 1.82) is 0 Å². The Kier molecular flexibility index (Phi) is 4.88. The first-order valence-electron chi connectivity index (χ1n) is 6.74. The predicted molar refractivity (Wildman–Crippen MR) is 76.3 cm³/mol. The molecule has 1 aromatic rings. The highest BCUT2D eigenvalue weighted by Crippen LogP contribution is 2.28. The van der Waals surface area contributed by atoms with Gasteiger partial charge in [0.2, 0.25) is 0 Å². The number of hydrogen-bond acceptors (Lipinski definition) is 4. The lowest BCUT2D eigenvalue weighted by Crippen LogP contribution is -2.28. The van der Waals surface area contributed by atoms with Gasteiger partial charge in [0.1, 0.15) is 11.9 Å². The van der Waals surface area contributed by atoms with Crippen LogP contribution in [0, 0.1) is 11.7 Å². The van der Waals surface area contributed by atoms with Gasteiger partial charge in [0, 0.05) is 10.7 Å². The number of ether oxygens (including phenoxy) is 1. The topological polar surface area (TPSA) is 60.4 Å². The van der Waals surface area contributed by atoms with Crippen molar-refractivity contribution in [2.75, 3.05) is 0 Å². The van der Waals surface area contributed by atoms with E-state index in [4.69, 9.17) is 15.4 Å². The molecular weight excluding hydrogens is 319 g/mol. The van der Waals surface area contributed by atoms with Crippen molar-refractivity contribution in [1.82, 2.24) is 0 Å². The average Bonchev–Trinajstić information content (AvgIpc) is 2.40. The molecule has 0 N–H and O–H groups in total. The van der Waals surface area contributed by atoms with Crippen LogP contribution in [0.1, 0.15) is 43.0 Å². The maximum atomic E-state index is 13.7. The quantitative estimate of drug-likeness (QED) is 0.627. The minimum Gasteiger partial charge on any atom is -0.458 e. The molecule has 4 nitrogen and oxygen atoms in total. The van der Waals surface area contributed by atoms with Gasteiger partial charge in [-0.2, -0.15) is 0 Å². The monoisotopic (exact) mass is 334 g/mol. The van der Waals surface area contributed by atoms with Crippen molar-refractivity contribution >= 4 is 25.7 Å². The summed E-state index contributed by atoms with van der Waals surface area (Å²) < 4.78 is 41.5. The molecule has 1 fully saturated rings. The zero-order chi connectivity index (χ0) is 15.6. The lowest BCUT2D eigenvalue weighted by molar-refractivity contribution is 0.00434. The summed E-state index contributed by atoms with van der Waals surface area (Å²) in [7, 11) is 1.18. The summed E-state index contributed by atoms with van der Waals surface area (Å²) in [6.07, 6.45) is 3.48. The van der Waals surface area contributed by atoms with E-state index >= 15 is 0 Å². The van der Waals surface area contributed by atoms with E-state index in [0.717, 1.165) is 43.9 Å². The Labute approximate surface area is 127 Å². The van der Waals surface area contributed by atoms with E-state index in [2.05, 4.69) is 0 Å². The average molecular weight is 335 g/mol. The van der Waals surface area contributed by atoms with Crippen LogP contribution in [0.5, 0.6) is 0 Å². The Balaban J connectivity index is 2.22. The van der Waals surface area contributed by atoms with Gasteiger partial charge < -0.3 is 4.74 Å².